The third-order valence-corrected chi connectivity index (χ3v) is 5.11. The Labute approximate surface area is 138 Å². The van der Waals surface area contributed by atoms with E-state index in [0.717, 1.165) is 36.2 Å². The molecule has 8 heteroatoms. The highest BCUT2D eigenvalue weighted by molar-refractivity contribution is 7.98. The van der Waals surface area contributed by atoms with E-state index in [0.29, 0.717) is 17.4 Å². The Morgan fingerprint density at radius 2 is 2.35 bits per heavy atom. The van der Waals surface area contributed by atoms with Crippen LogP contribution in [0.15, 0.2) is 22.2 Å². The maximum Gasteiger partial charge on any atom is 0.223 e. The molecule has 0 radical (unpaired) electrons. The quantitative estimate of drug-likeness (QED) is 0.801. The van der Waals surface area contributed by atoms with Crippen molar-refractivity contribution < 1.29 is 4.74 Å². The van der Waals surface area contributed by atoms with Gasteiger partial charge in [-0.25, -0.2) is 0 Å². The molecule has 3 rings (SSSR count). The highest BCUT2D eigenvalue weighted by atomic mass is 32.2. The third kappa shape index (κ3) is 3.59. The summed E-state index contributed by atoms with van der Waals surface area (Å²) < 4.78 is 7.03. The van der Waals surface area contributed by atoms with Gasteiger partial charge in [-0.15, -0.1) is 10.2 Å². The second-order valence-electron chi connectivity index (χ2n) is 5.62. The molecule has 0 bridgehead atoms. The molecule has 2 N–H and O–H groups in total. The monoisotopic (exact) mass is 335 g/mol. The van der Waals surface area contributed by atoms with Gasteiger partial charge in [-0.1, -0.05) is 11.8 Å². The Kier molecular flexibility index (Phi) is 5.02. The van der Waals surface area contributed by atoms with Crippen LogP contribution in [-0.4, -0.2) is 39.9 Å². The first-order valence-electron chi connectivity index (χ1n) is 7.67. The molecule has 0 spiro atoms. The van der Waals surface area contributed by atoms with Crippen LogP contribution in [0, 0.1) is 0 Å². The second-order valence-corrected chi connectivity index (χ2v) is 6.57. The predicted molar refractivity (Wildman–Crippen MR) is 89.0 cm³/mol. The topological polar surface area (TPSA) is 84.8 Å². The van der Waals surface area contributed by atoms with Crippen molar-refractivity contribution in [3.8, 4) is 5.75 Å². The van der Waals surface area contributed by atoms with Gasteiger partial charge in [-0.05, 0) is 19.4 Å². The number of methoxy groups -OCH3 is 1. The molecule has 23 heavy (non-hydrogen) atoms. The summed E-state index contributed by atoms with van der Waals surface area (Å²) in [5.74, 6) is 2.41. The SMILES string of the molecule is COc1c[nH]c(CSc2nnc(C3CCCNC3)n2C)cc1=O. The first kappa shape index (κ1) is 16.1. The molecular formula is C15H21N5O2S. The summed E-state index contributed by atoms with van der Waals surface area (Å²) in [5.41, 5.74) is 0.721. The van der Waals surface area contributed by atoms with Crippen molar-refractivity contribution in [1.82, 2.24) is 25.1 Å². The first-order valence-corrected chi connectivity index (χ1v) is 8.66. The van der Waals surface area contributed by atoms with E-state index in [1.54, 1.807) is 24.0 Å². The molecule has 1 atom stereocenters. The minimum atomic E-state index is -0.117. The molecule has 124 valence electrons. The molecule has 1 aliphatic heterocycles. The van der Waals surface area contributed by atoms with E-state index in [1.807, 2.05) is 7.05 Å². The fourth-order valence-electron chi connectivity index (χ4n) is 2.77. The third-order valence-electron chi connectivity index (χ3n) is 4.04. The molecule has 7 nitrogen and oxygen atoms in total. The molecular weight excluding hydrogens is 314 g/mol. The molecule has 1 saturated heterocycles. The summed E-state index contributed by atoms with van der Waals surface area (Å²) >= 11 is 1.57. The molecule has 2 aromatic rings. The predicted octanol–water partition coefficient (Wildman–Crippen LogP) is 1.27. The van der Waals surface area contributed by atoms with E-state index in [1.165, 1.54) is 13.5 Å². The summed E-state index contributed by atoms with van der Waals surface area (Å²) in [4.78, 5) is 14.8. The standard InChI is InChI=1S/C15H21N5O2S/c1-20-14(10-4-3-5-16-7-10)18-19-15(20)23-9-11-6-12(21)13(22-2)8-17-11/h6,8,10,16H,3-5,7,9H2,1-2H3,(H,17,21). The summed E-state index contributed by atoms with van der Waals surface area (Å²) in [7, 11) is 3.49. The number of piperidine rings is 1. The number of pyridine rings is 1. The number of nitrogens with zero attached hydrogens (tertiary/aromatic N) is 3. The minimum Gasteiger partial charge on any atom is -0.491 e. The molecule has 0 aliphatic carbocycles. The molecule has 0 amide bonds. The zero-order valence-corrected chi connectivity index (χ0v) is 14.2. The molecule has 2 aromatic heterocycles. The van der Waals surface area contributed by atoms with E-state index < -0.39 is 0 Å². The van der Waals surface area contributed by atoms with Gasteiger partial charge >= 0.3 is 0 Å². The van der Waals surface area contributed by atoms with Gasteiger partial charge in [0.25, 0.3) is 0 Å². The highest BCUT2D eigenvalue weighted by Gasteiger charge is 2.21. The number of hydrogen-bond acceptors (Lipinski definition) is 6. The molecule has 3 heterocycles. The molecule has 0 saturated carbocycles. The number of rotatable bonds is 5. The number of thioether (sulfide) groups is 1. The van der Waals surface area contributed by atoms with Crippen molar-refractivity contribution in [3.63, 3.8) is 0 Å². The van der Waals surface area contributed by atoms with Gasteiger partial charge in [0, 0.05) is 43.2 Å². The van der Waals surface area contributed by atoms with E-state index in [-0.39, 0.29) is 5.43 Å². The van der Waals surface area contributed by atoms with Crippen LogP contribution in [0.2, 0.25) is 0 Å². The average Bonchev–Trinajstić information content (AvgIpc) is 2.94. The van der Waals surface area contributed by atoms with Crippen molar-refractivity contribution in [1.29, 1.82) is 0 Å². The van der Waals surface area contributed by atoms with Crippen molar-refractivity contribution in [3.05, 3.63) is 34.0 Å². The van der Waals surface area contributed by atoms with Gasteiger partial charge in [0.1, 0.15) is 5.82 Å². The van der Waals surface area contributed by atoms with E-state index in [4.69, 9.17) is 4.74 Å². The van der Waals surface area contributed by atoms with Crippen LogP contribution < -0.4 is 15.5 Å². The Hall–Kier alpha value is -1.80. The minimum absolute atomic E-state index is 0.117. The fraction of sp³-hybridized carbons (Fsp3) is 0.533. The van der Waals surface area contributed by atoms with Crippen molar-refractivity contribution in [2.45, 2.75) is 29.7 Å². The van der Waals surface area contributed by atoms with Gasteiger partial charge in [0.15, 0.2) is 10.9 Å². The Bertz CT molecular complexity index is 721. The lowest BCUT2D eigenvalue weighted by Crippen LogP contribution is -2.29. The van der Waals surface area contributed by atoms with Crippen molar-refractivity contribution >= 4 is 11.8 Å². The maximum absolute atomic E-state index is 11.8. The summed E-state index contributed by atoms with van der Waals surface area (Å²) in [5, 5.41) is 12.9. The second kappa shape index (κ2) is 7.18. The largest absolute Gasteiger partial charge is 0.491 e. The lowest BCUT2D eigenvalue weighted by atomic mass is 9.99. The van der Waals surface area contributed by atoms with Crippen LogP contribution in [0.3, 0.4) is 0 Å². The van der Waals surface area contributed by atoms with Crippen molar-refractivity contribution in [2.24, 2.45) is 7.05 Å². The smallest absolute Gasteiger partial charge is 0.223 e. The number of nitrogens with one attached hydrogen (secondary N) is 2. The van der Waals surface area contributed by atoms with E-state index >= 15 is 0 Å². The maximum atomic E-state index is 11.8. The lowest BCUT2D eigenvalue weighted by Gasteiger charge is -2.21. The van der Waals surface area contributed by atoms with Crippen LogP contribution in [0.25, 0.3) is 0 Å². The lowest BCUT2D eigenvalue weighted by molar-refractivity contribution is 0.408. The molecule has 1 unspecified atom stereocenters. The van der Waals surface area contributed by atoms with Crippen LogP contribution in [0.5, 0.6) is 5.75 Å². The van der Waals surface area contributed by atoms with Crippen LogP contribution in [0.1, 0.15) is 30.3 Å². The van der Waals surface area contributed by atoms with Gasteiger partial charge in [0.05, 0.1) is 7.11 Å². The van der Waals surface area contributed by atoms with Crippen molar-refractivity contribution in [2.75, 3.05) is 20.2 Å². The highest BCUT2D eigenvalue weighted by Crippen LogP contribution is 2.26. The number of hydrogen-bond donors (Lipinski definition) is 2. The number of ether oxygens (including phenoxy) is 1. The van der Waals surface area contributed by atoms with E-state index in [9.17, 15) is 4.79 Å². The Morgan fingerprint density at radius 3 is 3.04 bits per heavy atom. The number of aromatic nitrogens is 4. The van der Waals surface area contributed by atoms with E-state index in [2.05, 4.69) is 25.1 Å². The zero-order valence-electron chi connectivity index (χ0n) is 13.3. The number of H-pyrrole nitrogens is 1. The van der Waals surface area contributed by atoms with Gasteiger partial charge in [-0.3, -0.25) is 4.79 Å². The van der Waals surface area contributed by atoms with Crippen LogP contribution in [-0.2, 0) is 12.8 Å². The average molecular weight is 335 g/mol. The Balaban J connectivity index is 1.68. The van der Waals surface area contributed by atoms with Crippen LogP contribution in [0.4, 0.5) is 0 Å². The number of aromatic amines is 1. The molecule has 0 aromatic carbocycles. The molecule has 1 aliphatic rings. The summed E-state index contributed by atoms with van der Waals surface area (Å²) in [6.07, 6.45) is 3.91. The van der Waals surface area contributed by atoms with Gasteiger partial charge in [-0.2, -0.15) is 0 Å². The summed E-state index contributed by atoms with van der Waals surface area (Å²) in [6, 6.07) is 1.56. The molecule has 1 fully saturated rings. The Morgan fingerprint density at radius 1 is 1.48 bits per heavy atom. The van der Waals surface area contributed by atoms with Gasteiger partial charge < -0.3 is 19.6 Å². The summed E-state index contributed by atoms with van der Waals surface area (Å²) in [6.45, 7) is 2.04. The van der Waals surface area contributed by atoms with Gasteiger partial charge in [0.2, 0.25) is 5.43 Å². The van der Waals surface area contributed by atoms with Crippen LogP contribution >= 0.6 is 11.8 Å². The first-order chi connectivity index (χ1) is 11.2. The fourth-order valence-corrected chi connectivity index (χ4v) is 3.60. The normalized spacial score (nSPS) is 18.1. The zero-order chi connectivity index (χ0) is 16.2.